The summed E-state index contributed by atoms with van der Waals surface area (Å²) in [6.07, 6.45) is 4.75. The Kier molecular flexibility index (Phi) is 3.93. The SMILES string of the molecule is C1CC(c2nc(C3CC3)no2)CCN1.CC. The average Bonchev–Trinajstić information content (AvgIpc) is 3.11. The molecule has 1 aromatic heterocycles. The van der Waals surface area contributed by atoms with Crippen molar-refractivity contribution in [1.82, 2.24) is 15.5 Å². The van der Waals surface area contributed by atoms with E-state index in [9.17, 15) is 0 Å². The van der Waals surface area contributed by atoms with Crippen molar-refractivity contribution in [3.63, 3.8) is 0 Å². The summed E-state index contributed by atoms with van der Waals surface area (Å²) in [5.41, 5.74) is 0. The number of hydrogen-bond donors (Lipinski definition) is 1. The summed E-state index contributed by atoms with van der Waals surface area (Å²) in [5, 5.41) is 7.38. The van der Waals surface area contributed by atoms with Gasteiger partial charge in [-0.1, -0.05) is 19.0 Å². The van der Waals surface area contributed by atoms with Crippen LogP contribution < -0.4 is 5.32 Å². The lowest BCUT2D eigenvalue weighted by Crippen LogP contribution is -2.26. The summed E-state index contributed by atoms with van der Waals surface area (Å²) >= 11 is 0. The minimum atomic E-state index is 0.497. The molecule has 4 heteroatoms. The van der Waals surface area contributed by atoms with Crippen molar-refractivity contribution in [1.29, 1.82) is 0 Å². The lowest BCUT2D eigenvalue weighted by molar-refractivity contribution is 0.318. The number of nitrogens with zero attached hydrogens (tertiary/aromatic N) is 2. The molecule has 1 aliphatic heterocycles. The van der Waals surface area contributed by atoms with E-state index in [4.69, 9.17) is 4.52 Å². The Hall–Kier alpha value is -0.900. The van der Waals surface area contributed by atoms with Crippen LogP contribution in [0.15, 0.2) is 4.52 Å². The third kappa shape index (κ3) is 2.61. The summed E-state index contributed by atoms with van der Waals surface area (Å²) in [5.74, 6) is 2.91. The van der Waals surface area contributed by atoms with Crippen LogP contribution >= 0.6 is 0 Å². The molecule has 0 atom stereocenters. The highest BCUT2D eigenvalue weighted by molar-refractivity contribution is 5.05. The second kappa shape index (κ2) is 5.43. The molecule has 0 spiro atoms. The van der Waals surface area contributed by atoms with Gasteiger partial charge in [-0.25, -0.2) is 0 Å². The molecule has 3 rings (SSSR count). The lowest BCUT2D eigenvalue weighted by Gasteiger charge is -2.18. The second-order valence-corrected chi connectivity index (χ2v) is 4.29. The van der Waals surface area contributed by atoms with Gasteiger partial charge >= 0.3 is 0 Å². The van der Waals surface area contributed by atoms with Crippen molar-refractivity contribution >= 4 is 0 Å². The Balaban J connectivity index is 0.000000457. The monoisotopic (exact) mass is 223 g/mol. The van der Waals surface area contributed by atoms with Crippen LogP contribution in [0, 0.1) is 0 Å². The molecule has 2 aliphatic rings. The maximum absolute atomic E-state index is 5.32. The van der Waals surface area contributed by atoms with Gasteiger partial charge < -0.3 is 9.84 Å². The molecule has 1 aliphatic carbocycles. The van der Waals surface area contributed by atoms with Gasteiger partial charge in [-0.3, -0.25) is 0 Å². The number of nitrogens with one attached hydrogen (secondary N) is 1. The minimum absolute atomic E-state index is 0.497. The Morgan fingerprint density at radius 2 is 1.75 bits per heavy atom. The van der Waals surface area contributed by atoms with E-state index < -0.39 is 0 Å². The average molecular weight is 223 g/mol. The molecule has 1 saturated carbocycles. The van der Waals surface area contributed by atoms with E-state index in [1.54, 1.807) is 0 Å². The van der Waals surface area contributed by atoms with Crippen LogP contribution in [0.4, 0.5) is 0 Å². The first-order valence-corrected chi connectivity index (χ1v) is 6.47. The molecule has 0 unspecified atom stereocenters. The van der Waals surface area contributed by atoms with Crippen molar-refractivity contribution in [3.8, 4) is 0 Å². The number of aromatic nitrogens is 2. The van der Waals surface area contributed by atoms with Crippen LogP contribution in [0.5, 0.6) is 0 Å². The Morgan fingerprint density at radius 3 is 2.38 bits per heavy atom. The first kappa shape index (κ1) is 11.6. The zero-order valence-corrected chi connectivity index (χ0v) is 10.2. The number of hydrogen-bond acceptors (Lipinski definition) is 4. The summed E-state index contributed by atoms with van der Waals surface area (Å²) in [4.78, 5) is 4.49. The van der Waals surface area contributed by atoms with E-state index in [1.807, 2.05) is 13.8 Å². The van der Waals surface area contributed by atoms with Crippen LogP contribution in [0.3, 0.4) is 0 Å². The topological polar surface area (TPSA) is 51.0 Å². The van der Waals surface area contributed by atoms with Crippen molar-refractivity contribution < 1.29 is 4.52 Å². The quantitative estimate of drug-likeness (QED) is 0.836. The third-order valence-corrected chi connectivity index (χ3v) is 3.09. The van der Waals surface area contributed by atoms with Gasteiger partial charge in [0.1, 0.15) is 0 Å². The standard InChI is InChI=1S/C10H15N3O.C2H6/c1-2-7(1)9-12-10(14-13-9)8-3-5-11-6-4-8;1-2/h7-8,11H,1-6H2;1-2H3. The van der Waals surface area contributed by atoms with Crippen LogP contribution in [-0.4, -0.2) is 23.2 Å². The van der Waals surface area contributed by atoms with E-state index in [-0.39, 0.29) is 0 Å². The van der Waals surface area contributed by atoms with E-state index in [1.165, 1.54) is 12.8 Å². The smallest absolute Gasteiger partial charge is 0.229 e. The summed E-state index contributed by atoms with van der Waals surface area (Å²) in [7, 11) is 0. The van der Waals surface area contributed by atoms with Crippen LogP contribution in [-0.2, 0) is 0 Å². The van der Waals surface area contributed by atoms with Gasteiger partial charge in [-0.05, 0) is 38.8 Å². The first-order valence-electron chi connectivity index (χ1n) is 6.47. The summed E-state index contributed by atoms with van der Waals surface area (Å²) in [6, 6.07) is 0. The van der Waals surface area contributed by atoms with Crippen molar-refractivity contribution in [2.75, 3.05) is 13.1 Å². The molecule has 90 valence electrons. The Morgan fingerprint density at radius 1 is 1.06 bits per heavy atom. The molecular formula is C12H21N3O. The highest BCUT2D eigenvalue weighted by Crippen LogP contribution is 2.38. The van der Waals surface area contributed by atoms with Crippen molar-refractivity contribution in [2.45, 2.75) is 51.4 Å². The van der Waals surface area contributed by atoms with Crippen LogP contribution in [0.1, 0.15) is 63.1 Å². The molecular weight excluding hydrogens is 202 g/mol. The lowest BCUT2D eigenvalue weighted by atomic mass is 9.98. The zero-order chi connectivity index (χ0) is 11.4. The second-order valence-electron chi connectivity index (χ2n) is 4.29. The molecule has 1 saturated heterocycles. The van der Waals surface area contributed by atoms with E-state index >= 15 is 0 Å². The molecule has 0 bridgehead atoms. The summed E-state index contributed by atoms with van der Waals surface area (Å²) < 4.78 is 5.32. The normalized spacial score (nSPS) is 21.4. The fraction of sp³-hybridized carbons (Fsp3) is 0.833. The van der Waals surface area contributed by atoms with E-state index in [0.717, 1.165) is 37.6 Å². The van der Waals surface area contributed by atoms with E-state index in [0.29, 0.717) is 11.8 Å². The Labute approximate surface area is 96.8 Å². The van der Waals surface area contributed by atoms with Gasteiger partial charge in [0.05, 0.1) is 0 Å². The molecule has 2 fully saturated rings. The fourth-order valence-electron chi connectivity index (χ4n) is 1.99. The number of rotatable bonds is 2. The van der Waals surface area contributed by atoms with E-state index in [2.05, 4.69) is 15.5 Å². The predicted molar refractivity (Wildman–Crippen MR) is 62.5 cm³/mol. The van der Waals surface area contributed by atoms with Gasteiger partial charge in [-0.15, -0.1) is 0 Å². The molecule has 0 amide bonds. The molecule has 0 aromatic carbocycles. The van der Waals surface area contributed by atoms with Crippen molar-refractivity contribution in [2.24, 2.45) is 0 Å². The van der Waals surface area contributed by atoms with Crippen LogP contribution in [0.2, 0.25) is 0 Å². The molecule has 1 aromatic rings. The van der Waals surface area contributed by atoms with Crippen LogP contribution in [0.25, 0.3) is 0 Å². The highest BCUT2D eigenvalue weighted by atomic mass is 16.5. The molecule has 0 radical (unpaired) electrons. The molecule has 16 heavy (non-hydrogen) atoms. The van der Waals surface area contributed by atoms with Gasteiger partial charge in [0.25, 0.3) is 0 Å². The molecule has 4 nitrogen and oxygen atoms in total. The summed E-state index contributed by atoms with van der Waals surface area (Å²) in [6.45, 7) is 6.15. The maximum atomic E-state index is 5.32. The van der Waals surface area contributed by atoms with Gasteiger partial charge in [-0.2, -0.15) is 4.98 Å². The number of piperidine rings is 1. The highest BCUT2D eigenvalue weighted by Gasteiger charge is 2.30. The molecule has 1 N–H and O–H groups in total. The first-order chi connectivity index (χ1) is 7.93. The van der Waals surface area contributed by atoms with Gasteiger partial charge in [0, 0.05) is 11.8 Å². The zero-order valence-electron chi connectivity index (χ0n) is 10.2. The third-order valence-electron chi connectivity index (χ3n) is 3.09. The predicted octanol–water partition coefficient (Wildman–Crippen LogP) is 2.44. The molecule has 2 heterocycles. The maximum Gasteiger partial charge on any atom is 0.229 e. The van der Waals surface area contributed by atoms with Gasteiger partial charge in [0.15, 0.2) is 5.82 Å². The Bertz CT molecular complexity index is 314. The minimum Gasteiger partial charge on any atom is -0.339 e. The largest absolute Gasteiger partial charge is 0.339 e. The van der Waals surface area contributed by atoms with Gasteiger partial charge in [0.2, 0.25) is 5.89 Å². The fourth-order valence-corrected chi connectivity index (χ4v) is 1.99. The van der Waals surface area contributed by atoms with Crippen molar-refractivity contribution in [3.05, 3.63) is 11.7 Å².